The van der Waals surface area contributed by atoms with Crippen molar-refractivity contribution in [3.05, 3.63) is 56.9 Å². The molecule has 6 heteroatoms. The molecule has 0 spiro atoms. The summed E-state index contributed by atoms with van der Waals surface area (Å²) in [6.07, 6.45) is 0.287. The Morgan fingerprint density at radius 2 is 2.06 bits per heavy atom. The number of aliphatic hydroxyl groups is 1. The van der Waals surface area contributed by atoms with Crippen molar-refractivity contribution in [3.8, 4) is 0 Å². The molecule has 0 aliphatic heterocycles. The summed E-state index contributed by atoms with van der Waals surface area (Å²) in [5, 5.41) is 10.6. The lowest BCUT2D eigenvalue weighted by Crippen LogP contribution is -2.06. The standard InChI is InChI=1S/C12H9BrClFN2O/c13-10-2-1-7(15)4-8(10)11(18)9-3-6(14)5-17-12(9)16/h1-5,11,18H,(H2,16,17). The first kappa shape index (κ1) is 13.3. The van der Waals surface area contributed by atoms with Crippen LogP contribution in [0.1, 0.15) is 17.2 Å². The van der Waals surface area contributed by atoms with Gasteiger partial charge >= 0.3 is 0 Å². The number of benzene rings is 1. The highest BCUT2D eigenvalue weighted by molar-refractivity contribution is 9.10. The van der Waals surface area contributed by atoms with E-state index in [9.17, 15) is 9.50 Å². The van der Waals surface area contributed by atoms with Gasteiger partial charge in [0.25, 0.3) is 0 Å². The van der Waals surface area contributed by atoms with Crippen LogP contribution in [0, 0.1) is 5.82 Å². The number of rotatable bonds is 2. The molecule has 94 valence electrons. The predicted molar refractivity (Wildman–Crippen MR) is 71.8 cm³/mol. The van der Waals surface area contributed by atoms with Crippen LogP contribution in [-0.4, -0.2) is 10.1 Å². The van der Waals surface area contributed by atoms with Gasteiger partial charge < -0.3 is 10.8 Å². The van der Waals surface area contributed by atoms with E-state index in [1.54, 1.807) is 0 Å². The summed E-state index contributed by atoms with van der Waals surface area (Å²) < 4.78 is 13.8. The molecule has 3 N–H and O–H groups in total. The van der Waals surface area contributed by atoms with E-state index in [1.165, 1.54) is 30.5 Å². The molecule has 2 rings (SSSR count). The highest BCUT2D eigenvalue weighted by Crippen LogP contribution is 2.32. The van der Waals surface area contributed by atoms with Crippen LogP contribution in [-0.2, 0) is 0 Å². The number of nitrogen functional groups attached to an aromatic ring is 1. The SMILES string of the molecule is Nc1ncc(Cl)cc1C(O)c1cc(F)ccc1Br. The predicted octanol–water partition coefficient (Wildman–Crippen LogP) is 3.30. The van der Waals surface area contributed by atoms with Crippen LogP contribution in [0.3, 0.4) is 0 Å². The normalized spacial score (nSPS) is 12.4. The molecule has 0 saturated carbocycles. The molecule has 1 atom stereocenters. The van der Waals surface area contributed by atoms with Crippen LogP contribution < -0.4 is 5.73 Å². The first-order valence-corrected chi connectivity index (χ1v) is 6.20. The number of nitrogens with zero attached hydrogens (tertiary/aromatic N) is 1. The number of hydrogen-bond donors (Lipinski definition) is 2. The zero-order valence-corrected chi connectivity index (χ0v) is 11.4. The van der Waals surface area contributed by atoms with Gasteiger partial charge in [0.1, 0.15) is 17.7 Å². The zero-order chi connectivity index (χ0) is 13.3. The van der Waals surface area contributed by atoms with Gasteiger partial charge in [-0.1, -0.05) is 27.5 Å². The van der Waals surface area contributed by atoms with Crippen molar-refractivity contribution in [2.75, 3.05) is 5.73 Å². The number of anilines is 1. The van der Waals surface area contributed by atoms with E-state index in [0.29, 0.717) is 20.6 Å². The Bertz CT molecular complexity index is 543. The Morgan fingerprint density at radius 1 is 1.33 bits per heavy atom. The minimum Gasteiger partial charge on any atom is -0.383 e. The van der Waals surface area contributed by atoms with Gasteiger partial charge in [0, 0.05) is 21.8 Å². The number of pyridine rings is 1. The quantitative estimate of drug-likeness (QED) is 0.887. The highest BCUT2D eigenvalue weighted by atomic mass is 79.9. The zero-order valence-electron chi connectivity index (χ0n) is 9.07. The molecule has 0 aliphatic rings. The molecule has 0 radical (unpaired) electrons. The maximum atomic E-state index is 13.2. The van der Waals surface area contributed by atoms with E-state index < -0.39 is 11.9 Å². The van der Waals surface area contributed by atoms with Crippen molar-refractivity contribution in [2.24, 2.45) is 0 Å². The molecular weight excluding hydrogens is 322 g/mol. The first-order valence-electron chi connectivity index (χ1n) is 5.03. The summed E-state index contributed by atoms with van der Waals surface area (Å²) in [7, 11) is 0. The van der Waals surface area contributed by atoms with E-state index in [-0.39, 0.29) is 5.82 Å². The number of aliphatic hydroxyl groups excluding tert-OH is 1. The Balaban J connectivity index is 2.50. The molecular formula is C12H9BrClFN2O. The molecule has 0 saturated heterocycles. The monoisotopic (exact) mass is 330 g/mol. The van der Waals surface area contributed by atoms with Gasteiger partial charge in [-0.15, -0.1) is 0 Å². The summed E-state index contributed by atoms with van der Waals surface area (Å²) in [6, 6.07) is 5.54. The van der Waals surface area contributed by atoms with Gasteiger partial charge in [0.05, 0.1) is 5.02 Å². The summed E-state index contributed by atoms with van der Waals surface area (Å²) in [4.78, 5) is 3.85. The van der Waals surface area contributed by atoms with Crippen molar-refractivity contribution < 1.29 is 9.50 Å². The van der Waals surface area contributed by atoms with E-state index in [1.807, 2.05) is 0 Å². The smallest absolute Gasteiger partial charge is 0.129 e. The first-order chi connectivity index (χ1) is 8.49. The summed E-state index contributed by atoms with van der Waals surface area (Å²) in [5.74, 6) is -0.288. The molecule has 18 heavy (non-hydrogen) atoms. The number of nitrogens with two attached hydrogens (primary N) is 1. The molecule has 2 aromatic rings. The van der Waals surface area contributed by atoms with Crippen LogP contribution in [0.15, 0.2) is 34.9 Å². The Hall–Kier alpha value is -1.17. The van der Waals surface area contributed by atoms with Crippen molar-refractivity contribution in [1.82, 2.24) is 4.98 Å². The second-order valence-corrected chi connectivity index (χ2v) is 4.99. The van der Waals surface area contributed by atoms with Crippen LogP contribution in [0.2, 0.25) is 5.02 Å². The fourth-order valence-electron chi connectivity index (χ4n) is 1.58. The number of hydrogen-bond acceptors (Lipinski definition) is 3. The molecule has 1 heterocycles. The summed E-state index contributed by atoms with van der Waals surface area (Å²) in [6.45, 7) is 0. The molecule has 0 amide bonds. The van der Waals surface area contributed by atoms with Gasteiger partial charge in [0.2, 0.25) is 0 Å². The van der Waals surface area contributed by atoms with Gasteiger partial charge in [-0.2, -0.15) is 0 Å². The van der Waals surface area contributed by atoms with Crippen molar-refractivity contribution in [2.45, 2.75) is 6.10 Å². The third-order valence-electron chi connectivity index (χ3n) is 2.46. The summed E-state index contributed by atoms with van der Waals surface area (Å²) >= 11 is 9.05. The lowest BCUT2D eigenvalue weighted by Gasteiger charge is -2.15. The van der Waals surface area contributed by atoms with Crippen molar-refractivity contribution in [1.29, 1.82) is 0 Å². The molecule has 0 aliphatic carbocycles. The van der Waals surface area contributed by atoms with Gasteiger partial charge in [-0.3, -0.25) is 0 Å². The topological polar surface area (TPSA) is 59.1 Å². The summed E-state index contributed by atoms with van der Waals surface area (Å²) in [5.41, 5.74) is 6.38. The van der Waals surface area contributed by atoms with Crippen LogP contribution in [0.25, 0.3) is 0 Å². The van der Waals surface area contributed by atoms with Gasteiger partial charge in [0.15, 0.2) is 0 Å². The molecule has 1 aromatic heterocycles. The fourth-order valence-corrected chi connectivity index (χ4v) is 2.21. The average Bonchev–Trinajstić information content (AvgIpc) is 2.34. The second kappa shape index (κ2) is 5.22. The van der Waals surface area contributed by atoms with Crippen LogP contribution >= 0.6 is 27.5 Å². The molecule has 1 aromatic carbocycles. The van der Waals surface area contributed by atoms with E-state index in [2.05, 4.69) is 20.9 Å². The fraction of sp³-hybridized carbons (Fsp3) is 0.0833. The minimum atomic E-state index is -1.10. The molecule has 0 bridgehead atoms. The second-order valence-electron chi connectivity index (χ2n) is 3.70. The van der Waals surface area contributed by atoms with Gasteiger partial charge in [-0.05, 0) is 24.3 Å². The molecule has 0 fully saturated rings. The van der Waals surface area contributed by atoms with Crippen LogP contribution in [0.5, 0.6) is 0 Å². The molecule has 1 unspecified atom stereocenters. The maximum Gasteiger partial charge on any atom is 0.129 e. The van der Waals surface area contributed by atoms with Crippen LogP contribution in [0.4, 0.5) is 10.2 Å². The van der Waals surface area contributed by atoms with Crippen molar-refractivity contribution in [3.63, 3.8) is 0 Å². The lowest BCUT2D eigenvalue weighted by atomic mass is 10.0. The maximum absolute atomic E-state index is 13.2. The Labute approximate surface area is 117 Å². The third kappa shape index (κ3) is 2.63. The Morgan fingerprint density at radius 3 is 2.78 bits per heavy atom. The largest absolute Gasteiger partial charge is 0.383 e. The minimum absolute atomic E-state index is 0.156. The van der Waals surface area contributed by atoms with Crippen molar-refractivity contribution >= 4 is 33.3 Å². The number of halogens is 3. The highest BCUT2D eigenvalue weighted by Gasteiger charge is 2.18. The van der Waals surface area contributed by atoms with E-state index in [0.717, 1.165) is 0 Å². The molecule has 3 nitrogen and oxygen atoms in total. The Kier molecular flexibility index (Phi) is 3.85. The lowest BCUT2D eigenvalue weighted by molar-refractivity contribution is 0.219. The number of aromatic nitrogens is 1. The van der Waals surface area contributed by atoms with Gasteiger partial charge in [-0.25, -0.2) is 9.37 Å². The van der Waals surface area contributed by atoms with E-state index in [4.69, 9.17) is 17.3 Å². The third-order valence-corrected chi connectivity index (χ3v) is 3.39. The van der Waals surface area contributed by atoms with E-state index >= 15 is 0 Å². The average molecular weight is 332 g/mol.